The van der Waals surface area contributed by atoms with E-state index in [1.54, 1.807) is 5.17 Å². The minimum atomic E-state index is -0.350. The molecule has 0 saturated carbocycles. The molecule has 0 bridgehead atoms. The lowest BCUT2D eigenvalue weighted by Crippen LogP contribution is -2.29. The fraction of sp³-hybridized carbons (Fsp3) is 0.0488. The van der Waals surface area contributed by atoms with Crippen LogP contribution < -0.4 is 0 Å². The van der Waals surface area contributed by atoms with Gasteiger partial charge in [-0.05, 0) is 97.0 Å². The molecular formula is C41H30Si. The number of hydrogen-bond donors (Lipinski definition) is 0. The zero-order valence-electron chi connectivity index (χ0n) is 23.5. The normalized spacial score (nSPS) is 19.5. The largest absolute Gasteiger partial charge is 0.0987 e. The third-order valence-corrected chi connectivity index (χ3v) is 10.6. The molecule has 1 atom stereocenters. The van der Waals surface area contributed by atoms with Crippen LogP contribution in [-0.2, 0) is 6.42 Å². The van der Waals surface area contributed by atoms with E-state index >= 15 is 0 Å². The molecule has 0 amide bonds. The molecule has 0 aliphatic heterocycles. The lowest BCUT2D eigenvalue weighted by atomic mass is 9.60. The average molecular weight is 551 g/mol. The van der Waals surface area contributed by atoms with Gasteiger partial charge >= 0.3 is 0 Å². The molecule has 4 aromatic rings. The van der Waals surface area contributed by atoms with Gasteiger partial charge in [-0.25, -0.2) is 0 Å². The molecular weight excluding hydrogens is 521 g/mol. The number of hydrogen-bond acceptors (Lipinski definition) is 0. The molecule has 1 heterocycles. The standard InChI is InChI=1S/C29H20.C12H10Si/c1-3-19-16-25-23-13-8-6-11-21(23)18-28(25)29(26(19)4-2)15-9-14-24-22-12-7-5-10-20(22)17-27(24)29;1-2-5-10-9(4-1)8-12-11(10)6-3-7-13-12/h3-18H,1-2H2;1-7,13H,8H2. The Balaban J connectivity index is 0.000000171. The predicted molar refractivity (Wildman–Crippen MR) is 181 cm³/mol. The van der Waals surface area contributed by atoms with E-state index in [0.717, 1.165) is 5.57 Å². The Morgan fingerprint density at radius 3 is 2.02 bits per heavy atom. The summed E-state index contributed by atoms with van der Waals surface area (Å²) in [7, 11) is 0.421. The van der Waals surface area contributed by atoms with Gasteiger partial charge in [0, 0.05) is 9.12 Å². The smallest absolute Gasteiger partial charge is 0.0653 e. The number of rotatable bonds is 2. The topological polar surface area (TPSA) is 0 Å². The lowest BCUT2D eigenvalue weighted by molar-refractivity contribution is 0.711. The minimum Gasteiger partial charge on any atom is -0.0987 e. The first-order valence-corrected chi connectivity index (χ1v) is 15.9. The van der Waals surface area contributed by atoms with E-state index in [0.29, 0.717) is 9.12 Å². The molecule has 1 heteroatoms. The van der Waals surface area contributed by atoms with E-state index in [1.807, 2.05) is 12.2 Å². The van der Waals surface area contributed by atoms with E-state index in [9.17, 15) is 0 Å². The number of fused-ring (bicyclic) bond motifs is 11. The van der Waals surface area contributed by atoms with Crippen molar-refractivity contribution in [2.75, 3.05) is 0 Å². The van der Waals surface area contributed by atoms with Crippen LogP contribution in [0.25, 0.3) is 34.4 Å². The molecule has 198 valence electrons. The van der Waals surface area contributed by atoms with Crippen molar-refractivity contribution in [1.82, 2.24) is 0 Å². The molecule has 0 saturated heterocycles. The van der Waals surface area contributed by atoms with E-state index in [1.165, 1.54) is 73.2 Å². The Labute approximate surface area is 250 Å². The van der Waals surface area contributed by atoms with Crippen molar-refractivity contribution in [3.8, 4) is 11.1 Å². The second kappa shape index (κ2) is 9.62. The van der Waals surface area contributed by atoms with Crippen LogP contribution in [0.1, 0.15) is 33.0 Å². The van der Waals surface area contributed by atoms with Crippen molar-refractivity contribution >= 4 is 32.4 Å². The average Bonchev–Trinajstić information content (AvgIpc) is 3.73. The molecule has 0 radical (unpaired) electrons. The number of allylic oxidation sites excluding steroid dienone is 12. The van der Waals surface area contributed by atoms with Crippen molar-refractivity contribution in [2.24, 2.45) is 5.41 Å². The van der Waals surface area contributed by atoms with Crippen LogP contribution in [0.3, 0.4) is 0 Å². The van der Waals surface area contributed by atoms with Gasteiger partial charge in [0.25, 0.3) is 0 Å². The summed E-state index contributed by atoms with van der Waals surface area (Å²) in [6, 6.07) is 30.6. The molecule has 0 N–H and O–H groups in total. The molecule has 9 rings (SSSR count). The van der Waals surface area contributed by atoms with Gasteiger partial charge in [-0.1, -0.05) is 139 Å². The summed E-state index contributed by atoms with van der Waals surface area (Å²) >= 11 is 0. The Morgan fingerprint density at radius 2 is 1.29 bits per heavy atom. The first kappa shape index (κ1) is 24.9. The predicted octanol–water partition coefficient (Wildman–Crippen LogP) is 9.51. The van der Waals surface area contributed by atoms with Crippen molar-refractivity contribution in [1.29, 1.82) is 0 Å². The molecule has 5 aliphatic carbocycles. The van der Waals surface area contributed by atoms with Crippen LogP contribution in [0.15, 0.2) is 163 Å². The molecule has 0 nitrogen and oxygen atoms in total. The highest BCUT2D eigenvalue weighted by Gasteiger charge is 2.48. The van der Waals surface area contributed by atoms with Gasteiger partial charge in [0.1, 0.15) is 0 Å². The van der Waals surface area contributed by atoms with E-state index in [4.69, 9.17) is 0 Å². The van der Waals surface area contributed by atoms with E-state index < -0.39 is 0 Å². The second-order valence-corrected chi connectivity index (χ2v) is 12.8. The fourth-order valence-electron chi connectivity index (χ4n) is 7.46. The summed E-state index contributed by atoms with van der Waals surface area (Å²) < 4.78 is 0. The molecule has 0 fully saturated rings. The highest BCUT2D eigenvalue weighted by atomic mass is 28.2. The van der Waals surface area contributed by atoms with Gasteiger partial charge in [-0.2, -0.15) is 0 Å². The minimum absolute atomic E-state index is 0.350. The quantitative estimate of drug-likeness (QED) is 0.192. The van der Waals surface area contributed by atoms with Crippen LogP contribution in [0.5, 0.6) is 0 Å². The fourth-order valence-corrected chi connectivity index (χ4v) is 8.69. The summed E-state index contributed by atoms with van der Waals surface area (Å²) in [4.78, 5) is 0. The van der Waals surface area contributed by atoms with Crippen LogP contribution >= 0.6 is 0 Å². The SMILES string of the molecule is C=CC1=C(C=C)C2(C=CC=C3C2=Cc2ccccc23)C2=Cc3ccccc3C2=C1.c1ccc2c(c1)Cc1[siH]cccc1-2. The summed E-state index contributed by atoms with van der Waals surface area (Å²) in [6.45, 7) is 8.34. The van der Waals surface area contributed by atoms with Gasteiger partial charge in [0.15, 0.2) is 0 Å². The molecule has 3 aromatic carbocycles. The lowest BCUT2D eigenvalue weighted by Gasteiger charge is -2.42. The van der Waals surface area contributed by atoms with Crippen molar-refractivity contribution in [3.05, 3.63) is 196 Å². The molecule has 42 heavy (non-hydrogen) atoms. The first-order chi connectivity index (χ1) is 20.7. The van der Waals surface area contributed by atoms with E-state index in [-0.39, 0.29) is 5.41 Å². The molecule has 1 aromatic heterocycles. The van der Waals surface area contributed by atoms with Crippen molar-refractivity contribution < 1.29 is 0 Å². The van der Waals surface area contributed by atoms with Gasteiger partial charge in [0.05, 0.1) is 5.41 Å². The van der Waals surface area contributed by atoms with Gasteiger partial charge in [-0.15, -0.1) is 0 Å². The highest BCUT2D eigenvalue weighted by Crippen LogP contribution is 2.62. The summed E-state index contributed by atoms with van der Waals surface area (Å²) in [5.74, 6) is 0. The van der Waals surface area contributed by atoms with Crippen LogP contribution in [0.4, 0.5) is 0 Å². The maximum atomic E-state index is 4.22. The van der Waals surface area contributed by atoms with Gasteiger partial charge < -0.3 is 0 Å². The first-order valence-electron chi connectivity index (χ1n) is 14.6. The maximum absolute atomic E-state index is 4.22. The Bertz CT molecular complexity index is 1980. The Hall–Kier alpha value is -4.85. The van der Waals surface area contributed by atoms with Crippen molar-refractivity contribution in [2.45, 2.75) is 6.42 Å². The van der Waals surface area contributed by atoms with Gasteiger partial charge in [0.2, 0.25) is 0 Å². The molecule has 1 spiro atoms. The molecule has 1 unspecified atom stereocenters. The highest BCUT2D eigenvalue weighted by molar-refractivity contribution is 6.33. The maximum Gasteiger partial charge on any atom is 0.0653 e. The zero-order chi connectivity index (χ0) is 28.3. The number of benzene rings is 3. The monoisotopic (exact) mass is 550 g/mol. The second-order valence-electron chi connectivity index (χ2n) is 11.4. The third-order valence-electron chi connectivity index (χ3n) is 9.31. The third kappa shape index (κ3) is 3.50. The Kier molecular flexibility index (Phi) is 5.70. The van der Waals surface area contributed by atoms with Crippen LogP contribution in [-0.4, -0.2) is 9.12 Å². The summed E-state index contributed by atoms with van der Waals surface area (Å²) in [5.41, 5.74) is 19.3. The summed E-state index contributed by atoms with van der Waals surface area (Å²) in [6.07, 6.45) is 19.0. The van der Waals surface area contributed by atoms with Crippen molar-refractivity contribution in [3.63, 3.8) is 0 Å². The Morgan fingerprint density at radius 1 is 0.643 bits per heavy atom. The summed E-state index contributed by atoms with van der Waals surface area (Å²) in [5, 5.41) is 1.67. The van der Waals surface area contributed by atoms with E-state index in [2.05, 4.69) is 140 Å². The zero-order valence-corrected chi connectivity index (χ0v) is 24.6. The molecule has 5 aliphatic rings. The van der Waals surface area contributed by atoms with Gasteiger partial charge in [-0.3, -0.25) is 0 Å². The van der Waals surface area contributed by atoms with Crippen LogP contribution in [0.2, 0.25) is 0 Å². The van der Waals surface area contributed by atoms with Crippen LogP contribution in [0, 0.1) is 5.41 Å².